The van der Waals surface area contributed by atoms with Gasteiger partial charge in [-0.1, -0.05) is 30.3 Å². The van der Waals surface area contributed by atoms with Gasteiger partial charge in [0.25, 0.3) is 5.91 Å². The molecule has 0 saturated carbocycles. The molecule has 150 valence electrons. The maximum absolute atomic E-state index is 14.1. The Balaban J connectivity index is 1.77. The first kappa shape index (κ1) is 20.1. The first-order valence-electron chi connectivity index (χ1n) is 8.89. The molecule has 1 heterocycles. The molecule has 0 N–H and O–H groups in total. The number of rotatable bonds is 7. The Labute approximate surface area is 163 Å². The number of hydrogen-bond acceptors (Lipinski definition) is 5. The minimum Gasteiger partial charge on any atom is -0.493 e. The summed E-state index contributed by atoms with van der Waals surface area (Å²) in [5.41, 5.74) is 0.331. The number of halogens is 1. The summed E-state index contributed by atoms with van der Waals surface area (Å²) in [6.07, 6.45) is 0.331. The van der Waals surface area contributed by atoms with Gasteiger partial charge in [-0.2, -0.15) is 0 Å². The molecule has 0 aliphatic carbocycles. The number of hydrogen-bond donors (Lipinski definition) is 0. The van der Waals surface area contributed by atoms with Crippen molar-refractivity contribution < 1.29 is 27.1 Å². The van der Waals surface area contributed by atoms with Crippen molar-refractivity contribution in [1.29, 1.82) is 0 Å². The molecule has 1 atom stereocenters. The number of nitrogens with zero attached hydrogens (tertiary/aromatic N) is 1. The van der Waals surface area contributed by atoms with E-state index >= 15 is 0 Å². The zero-order valence-electron chi connectivity index (χ0n) is 15.5. The molecule has 3 rings (SSSR count). The summed E-state index contributed by atoms with van der Waals surface area (Å²) < 4.78 is 48.7. The second-order valence-electron chi connectivity index (χ2n) is 6.61. The Hall–Kier alpha value is -2.61. The lowest BCUT2D eigenvalue weighted by Crippen LogP contribution is -2.43. The number of amides is 1. The molecule has 1 aliphatic rings. The Morgan fingerprint density at radius 2 is 1.82 bits per heavy atom. The maximum atomic E-state index is 14.1. The van der Waals surface area contributed by atoms with E-state index in [4.69, 9.17) is 9.47 Å². The Bertz CT molecular complexity index is 947. The van der Waals surface area contributed by atoms with E-state index in [9.17, 15) is 17.6 Å². The van der Waals surface area contributed by atoms with Gasteiger partial charge in [-0.05, 0) is 24.6 Å². The third-order valence-electron chi connectivity index (χ3n) is 4.69. The second kappa shape index (κ2) is 8.60. The molecule has 2 aromatic carbocycles. The minimum atomic E-state index is -3.20. The van der Waals surface area contributed by atoms with Crippen molar-refractivity contribution in [2.75, 3.05) is 25.2 Å². The molecule has 0 unspecified atom stereocenters. The number of carbonyl (C=O) groups is 1. The highest BCUT2D eigenvalue weighted by Crippen LogP contribution is 2.26. The molecule has 1 amide bonds. The van der Waals surface area contributed by atoms with Crippen molar-refractivity contribution in [2.24, 2.45) is 0 Å². The van der Waals surface area contributed by atoms with Crippen molar-refractivity contribution in [2.45, 2.75) is 19.0 Å². The van der Waals surface area contributed by atoms with Crippen molar-refractivity contribution in [3.63, 3.8) is 0 Å². The van der Waals surface area contributed by atoms with Gasteiger partial charge in [-0.15, -0.1) is 0 Å². The summed E-state index contributed by atoms with van der Waals surface area (Å²) >= 11 is 0. The maximum Gasteiger partial charge on any atom is 0.261 e. The minimum absolute atomic E-state index is 0.0129. The standard InChI is InChI=1S/C20H22FNO5S/c1-26-18-8-4-5-9-19(18)27-13-20(23)22(16-10-11-28(24,25)14-16)12-15-6-2-3-7-17(15)21/h2-9,16H,10-14H2,1H3/t16-/m1/s1. The van der Waals surface area contributed by atoms with Crippen molar-refractivity contribution in [3.05, 3.63) is 59.9 Å². The summed E-state index contributed by atoms with van der Waals surface area (Å²) in [5.74, 6) is -0.0563. The van der Waals surface area contributed by atoms with Crippen LogP contribution in [0.2, 0.25) is 0 Å². The summed E-state index contributed by atoms with van der Waals surface area (Å²) in [7, 11) is -1.70. The fourth-order valence-electron chi connectivity index (χ4n) is 3.21. The van der Waals surface area contributed by atoms with E-state index in [0.717, 1.165) is 0 Å². The molecule has 1 fully saturated rings. The molecule has 0 radical (unpaired) electrons. The fraction of sp³-hybridized carbons (Fsp3) is 0.350. The highest BCUT2D eigenvalue weighted by Gasteiger charge is 2.35. The molecular formula is C20H22FNO5S. The molecule has 1 aliphatic heterocycles. The van der Waals surface area contributed by atoms with E-state index in [-0.39, 0.29) is 24.7 Å². The van der Waals surface area contributed by atoms with E-state index < -0.39 is 27.6 Å². The predicted molar refractivity (Wildman–Crippen MR) is 102 cm³/mol. The number of para-hydroxylation sites is 2. The average molecular weight is 407 g/mol. The summed E-state index contributed by atoms with van der Waals surface area (Å²) in [6, 6.07) is 12.6. The summed E-state index contributed by atoms with van der Waals surface area (Å²) in [4.78, 5) is 14.3. The molecule has 0 aromatic heterocycles. The number of carbonyl (C=O) groups excluding carboxylic acids is 1. The van der Waals surface area contributed by atoms with Crippen molar-refractivity contribution in [1.82, 2.24) is 4.90 Å². The van der Waals surface area contributed by atoms with E-state index in [0.29, 0.717) is 23.5 Å². The van der Waals surface area contributed by atoms with Crippen LogP contribution in [0.5, 0.6) is 11.5 Å². The molecule has 1 saturated heterocycles. The normalized spacial score (nSPS) is 17.9. The highest BCUT2D eigenvalue weighted by molar-refractivity contribution is 7.91. The second-order valence-corrected chi connectivity index (χ2v) is 8.84. The van der Waals surface area contributed by atoms with Crippen LogP contribution in [0.25, 0.3) is 0 Å². The SMILES string of the molecule is COc1ccccc1OCC(=O)N(Cc1ccccc1F)[C@@H]1CCS(=O)(=O)C1. The van der Waals surface area contributed by atoms with Crippen LogP contribution in [0, 0.1) is 5.82 Å². The molecule has 0 bridgehead atoms. The first-order valence-corrected chi connectivity index (χ1v) is 10.7. The monoisotopic (exact) mass is 407 g/mol. The van der Waals surface area contributed by atoms with Gasteiger partial charge in [-0.3, -0.25) is 4.79 Å². The molecule has 8 heteroatoms. The third-order valence-corrected chi connectivity index (χ3v) is 6.44. The van der Waals surface area contributed by atoms with Gasteiger partial charge in [0, 0.05) is 18.2 Å². The van der Waals surface area contributed by atoms with E-state index in [2.05, 4.69) is 0 Å². The highest BCUT2D eigenvalue weighted by atomic mass is 32.2. The number of benzene rings is 2. The number of ether oxygens (including phenoxy) is 2. The van der Waals surface area contributed by atoms with Gasteiger partial charge in [0.05, 0.1) is 18.6 Å². The molecule has 0 spiro atoms. The largest absolute Gasteiger partial charge is 0.493 e. The van der Waals surface area contributed by atoms with Crippen LogP contribution in [0.3, 0.4) is 0 Å². The molecule has 6 nitrogen and oxygen atoms in total. The quantitative estimate of drug-likeness (QED) is 0.705. The number of methoxy groups -OCH3 is 1. The molecule has 28 heavy (non-hydrogen) atoms. The van der Waals surface area contributed by atoms with Gasteiger partial charge in [0.2, 0.25) is 0 Å². The van der Waals surface area contributed by atoms with Crippen molar-refractivity contribution >= 4 is 15.7 Å². The third kappa shape index (κ3) is 4.81. The van der Waals surface area contributed by atoms with Crippen LogP contribution in [0.15, 0.2) is 48.5 Å². The average Bonchev–Trinajstić information content (AvgIpc) is 3.05. The molecule has 2 aromatic rings. The summed E-state index contributed by atoms with van der Waals surface area (Å²) in [5, 5.41) is 0. The topological polar surface area (TPSA) is 72.9 Å². The van der Waals surface area contributed by atoms with Gasteiger partial charge >= 0.3 is 0 Å². The van der Waals surface area contributed by atoms with Crippen LogP contribution in [-0.2, 0) is 21.2 Å². The lowest BCUT2D eigenvalue weighted by molar-refractivity contribution is -0.136. The van der Waals surface area contributed by atoms with E-state index in [1.54, 1.807) is 42.5 Å². The van der Waals surface area contributed by atoms with Crippen LogP contribution < -0.4 is 9.47 Å². The fourth-order valence-corrected chi connectivity index (χ4v) is 4.94. The number of sulfone groups is 1. The lowest BCUT2D eigenvalue weighted by atomic mass is 10.1. The van der Waals surface area contributed by atoms with Crippen LogP contribution in [0.4, 0.5) is 4.39 Å². The van der Waals surface area contributed by atoms with Crippen molar-refractivity contribution in [3.8, 4) is 11.5 Å². The summed E-state index contributed by atoms with van der Waals surface area (Å²) in [6.45, 7) is -0.313. The molecular weight excluding hydrogens is 385 g/mol. The Morgan fingerprint density at radius 3 is 2.46 bits per heavy atom. The van der Waals surface area contributed by atoms with E-state index in [1.165, 1.54) is 18.1 Å². The van der Waals surface area contributed by atoms with Crippen LogP contribution in [-0.4, -0.2) is 50.5 Å². The van der Waals surface area contributed by atoms with Gasteiger partial charge in [-0.25, -0.2) is 12.8 Å². The van der Waals surface area contributed by atoms with E-state index in [1.807, 2.05) is 0 Å². The lowest BCUT2D eigenvalue weighted by Gasteiger charge is -2.28. The van der Waals surface area contributed by atoms with Crippen LogP contribution >= 0.6 is 0 Å². The zero-order chi connectivity index (χ0) is 20.1. The van der Waals surface area contributed by atoms with Gasteiger partial charge < -0.3 is 14.4 Å². The Kier molecular flexibility index (Phi) is 6.18. The Morgan fingerprint density at radius 1 is 1.14 bits per heavy atom. The van der Waals surface area contributed by atoms with Gasteiger partial charge in [0.15, 0.2) is 27.9 Å². The van der Waals surface area contributed by atoms with Crippen LogP contribution in [0.1, 0.15) is 12.0 Å². The van der Waals surface area contributed by atoms with Gasteiger partial charge in [0.1, 0.15) is 5.82 Å². The first-order chi connectivity index (χ1) is 13.4. The smallest absolute Gasteiger partial charge is 0.261 e. The predicted octanol–water partition coefficient (Wildman–Crippen LogP) is 2.43. The zero-order valence-corrected chi connectivity index (χ0v) is 16.3.